The van der Waals surface area contributed by atoms with E-state index in [1.807, 2.05) is 12.1 Å². The number of hydrogen-bond donors (Lipinski definition) is 2. The van der Waals surface area contributed by atoms with Crippen LogP contribution in [0.1, 0.15) is 15.2 Å². The molecule has 0 fully saturated rings. The molecule has 3 nitrogen and oxygen atoms in total. The summed E-state index contributed by atoms with van der Waals surface area (Å²) in [7, 11) is 0. The van der Waals surface area contributed by atoms with Crippen LogP contribution in [0.15, 0.2) is 34.1 Å². The number of rotatable bonds is 4. The Labute approximate surface area is 122 Å². The third kappa shape index (κ3) is 3.78. The van der Waals surface area contributed by atoms with Gasteiger partial charge < -0.3 is 11.1 Å². The lowest BCUT2D eigenvalue weighted by molar-refractivity contribution is 0.0954. The van der Waals surface area contributed by atoms with Crippen molar-refractivity contribution in [1.29, 1.82) is 0 Å². The minimum absolute atomic E-state index is 0.0417. The molecule has 0 atom stereocenters. The fourth-order valence-corrected chi connectivity index (χ4v) is 3.04. The van der Waals surface area contributed by atoms with E-state index in [2.05, 4.69) is 21.2 Å². The Morgan fingerprint density at radius 3 is 2.79 bits per heavy atom. The molecule has 0 bridgehead atoms. The summed E-state index contributed by atoms with van der Waals surface area (Å²) < 4.78 is 14.3. The first kappa shape index (κ1) is 14.0. The number of hydrogen-bond acceptors (Lipinski definition) is 3. The van der Waals surface area contributed by atoms with Crippen molar-refractivity contribution in [3.8, 4) is 0 Å². The van der Waals surface area contributed by atoms with E-state index in [0.29, 0.717) is 6.54 Å². The van der Waals surface area contributed by atoms with Crippen molar-refractivity contribution in [2.75, 3.05) is 12.3 Å². The molecule has 0 unspecified atom stereocenters. The number of halogens is 2. The van der Waals surface area contributed by atoms with Gasteiger partial charge in [0, 0.05) is 17.0 Å². The number of nitrogen functional groups attached to an aromatic ring is 1. The number of nitrogens with two attached hydrogens (primary N) is 1. The number of thiophene rings is 1. The average Bonchev–Trinajstić information content (AvgIpc) is 2.78. The quantitative estimate of drug-likeness (QED) is 0.838. The van der Waals surface area contributed by atoms with Gasteiger partial charge in [-0.2, -0.15) is 0 Å². The van der Waals surface area contributed by atoms with Gasteiger partial charge >= 0.3 is 0 Å². The molecule has 100 valence electrons. The van der Waals surface area contributed by atoms with Gasteiger partial charge in [0.2, 0.25) is 0 Å². The van der Waals surface area contributed by atoms with Gasteiger partial charge in [0.15, 0.2) is 0 Å². The number of benzene rings is 1. The Bertz CT molecular complexity index is 600. The standard InChI is InChI=1S/C13H12BrFN2OS/c14-12-4-2-9(19-12)5-6-17-13(18)8-1-3-11(16)10(15)7-8/h1-4,7H,5-6,16H2,(H,17,18). The Morgan fingerprint density at radius 2 is 2.16 bits per heavy atom. The molecule has 0 aliphatic rings. The molecule has 2 aromatic rings. The summed E-state index contributed by atoms with van der Waals surface area (Å²) in [6.45, 7) is 0.512. The largest absolute Gasteiger partial charge is 0.396 e. The monoisotopic (exact) mass is 342 g/mol. The maximum absolute atomic E-state index is 13.2. The number of carbonyl (C=O) groups excluding carboxylic acids is 1. The van der Waals surface area contributed by atoms with Crippen molar-refractivity contribution < 1.29 is 9.18 Å². The first-order valence-corrected chi connectivity index (χ1v) is 7.24. The Balaban J connectivity index is 1.89. The Kier molecular flexibility index (Phi) is 4.55. The molecule has 19 heavy (non-hydrogen) atoms. The highest BCUT2D eigenvalue weighted by Crippen LogP contribution is 2.22. The van der Waals surface area contributed by atoms with Crippen LogP contribution in [-0.2, 0) is 6.42 Å². The summed E-state index contributed by atoms with van der Waals surface area (Å²) in [5, 5.41) is 2.75. The molecule has 0 saturated heterocycles. The van der Waals surface area contributed by atoms with Gasteiger partial charge in [-0.05, 0) is 52.7 Å². The van der Waals surface area contributed by atoms with E-state index >= 15 is 0 Å². The van der Waals surface area contributed by atoms with Gasteiger partial charge in [0.05, 0.1) is 9.47 Å². The zero-order chi connectivity index (χ0) is 13.8. The van der Waals surface area contributed by atoms with Crippen LogP contribution in [0.5, 0.6) is 0 Å². The third-order valence-electron chi connectivity index (χ3n) is 2.55. The van der Waals surface area contributed by atoms with Crippen LogP contribution in [0, 0.1) is 5.82 Å². The van der Waals surface area contributed by atoms with Crippen LogP contribution in [0.25, 0.3) is 0 Å². The van der Waals surface area contributed by atoms with E-state index in [-0.39, 0.29) is 17.2 Å². The second kappa shape index (κ2) is 6.16. The van der Waals surface area contributed by atoms with Crippen molar-refractivity contribution in [1.82, 2.24) is 5.32 Å². The van der Waals surface area contributed by atoms with E-state index in [0.717, 1.165) is 16.3 Å². The van der Waals surface area contributed by atoms with Gasteiger partial charge in [0.25, 0.3) is 5.91 Å². The zero-order valence-electron chi connectivity index (χ0n) is 9.95. The molecular weight excluding hydrogens is 331 g/mol. The molecular formula is C13H12BrFN2OS. The second-order valence-corrected chi connectivity index (χ2v) is 6.50. The lowest BCUT2D eigenvalue weighted by Gasteiger charge is -2.05. The fourth-order valence-electron chi connectivity index (χ4n) is 1.56. The van der Waals surface area contributed by atoms with Gasteiger partial charge in [-0.15, -0.1) is 11.3 Å². The summed E-state index contributed by atoms with van der Waals surface area (Å²) in [6.07, 6.45) is 0.749. The molecule has 1 aromatic heterocycles. The molecule has 0 radical (unpaired) electrons. The Morgan fingerprint density at radius 1 is 1.37 bits per heavy atom. The predicted octanol–water partition coefficient (Wildman–Crippen LogP) is 3.20. The van der Waals surface area contributed by atoms with Crippen LogP contribution in [0.2, 0.25) is 0 Å². The first-order chi connectivity index (χ1) is 9.06. The van der Waals surface area contributed by atoms with E-state index in [1.54, 1.807) is 11.3 Å². The van der Waals surface area contributed by atoms with E-state index in [4.69, 9.17) is 5.73 Å². The van der Waals surface area contributed by atoms with Crippen molar-refractivity contribution in [2.45, 2.75) is 6.42 Å². The van der Waals surface area contributed by atoms with Gasteiger partial charge in [0.1, 0.15) is 5.82 Å². The maximum atomic E-state index is 13.2. The van der Waals surface area contributed by atoms with Crippen LogP contribution >= 0.6 is 27.3 Å². The minimum atomic E-state index is -0.574. The molecule has 3 N–H and O–H groups in total. The van der Waals surface area contributed by atoms with Gasteiger partial charge in [-0.1, -0.05) is 0 Å². The van der Waals surface area contributed by atoms with Crippen LogP contribution in [0.4, 0.5) is 10.1 Å². The lowest BCUT2D eigenvalue weighted by atomic mass is 10.2. The van der Waals surface area contributed by atoms with Gasteiger partial charge in [-0.25, -0.2) is 4.39 Å². The molecule has 6 heteroatoms. The SMILES string of the molecule is Nc1ccc(C(=O)NCCc2ccc(Br)s2)cc1F. The molecule has 1 aromatic carbocycles. The molecule has 0 saturated carbocycles. The molecule has 0 aliphatic heterocycles. The smallest absolute Gasteiger partial charge is 0.251 e. The predicted molar refractivity (Wildman–Crippen MR) is 78.9 cm³/mol. The summed E-state index contributed by atoms with van der Waals surface area (Å²) in [5.74, 6) is -0.871. The van der Waals surface area contributed by atoms with Gasteiger partial charge in [-0.3, -0.25) is 4.79 Å². The minimum Gasteiger partial charge on any atom is -0.396 e. The Hall–Kier alpha value is -1.40. The van der Waals surface area contributed by atoms with E-state index < -0.39 is 5.82 Å². The number of carbonyl (C=O) groups is 1. The average molecular weight is 343 g/mol. The van der Waals surface area contributed by atoms with Crippen molar-refractivity contribution in [3.05, 3.63) is 50.4 Å². The van der Waals surface area contributed by atoms with Crippen LogP contribution < -0.4 is 11.1 Å². The molecule has 1 heterocycles. The molecule has 1 amide bonds. The van der Waals surface area contributed by atoms with E-state index in [1.165, 1.54) is 17.0 Å². The fraction of sp³-hybridized carbons (Fsp3) is 0.154. The highest BCUT2D eigenvalue weighted by Gasteiger charge is 2.08. The summed E-state index contributed by atoms with van der Waals surface area (Å²) in [6, 6.07) is 8.02. The summed E-state index contributed by atoms with van der Waals surface area (Å²) in [4.78, 5) is 13.0. The topological polar surface area (TPSA) is 55.1 Å². The summed E-state index contributed by atoms with van der Waals surface area (Å²) in [5.41, 5.74) is 5.68. The molecule has 0 spiro atoms. The highest BCUT2D eigenvalue weighted by atomic mass is 79.9. The normalized spacial score (nSPS) is 10.4. The third-order valence-corrected chi connectivity index (χ3v) is 4.23. The second-order valence-electron chi connectivity index (χ2n) is 3.95. The van der Waals surface area contributed by atoms with Crippen molar-refractivity contribution in [3.63, 3.8) is 0 Å². The van der Waals surface area contributed by atoms with Crippen LogP contribution in [0.3, 0.4) is 0 Å². The maximum Gasteiger partial charge on any atom is 0.251 e. The van der Waals surface area contributed by atoms with Crippen molar-refractivity contribution in [2.24, 2.45) is 0 Å². The first-order valence-electron chi connectivity index (χ1n) is 5.63. The molecule has 0 aliphatic carbocycles. The zero-order valence-corrected chi connectivity index (χ0v) is 12.4. The summed E-state index contributed by atoms with van der Waals surface area (Å²) >= 11 is 5.01. The highest BCUT2D eigenvalue weighted by molar-refractivity contribution is 9.11. The number of anilines is 1. The molecule has 2 rings (SSSR count). The van der Waals surface area contributed by atoms with Crippen LogP contribution in [-0.4, -0.2) is 12.5 Å². The van der Waals surface area contributed by atoms with Crippen molar-refractivity contribution >= 4 is 38.9 Å². The lowest BCUT2D eigenvalue weighted by Crippen LogP contribution is -2.25. The van der Waals surface area contributed by atoms with E-state index in [9.17, 15) is 9.18 Å². The number of amides is 1. The number of nitrogens with one attached hydrogen (secondary N) is 1.